The molecule has 0 saturated carbocycles. The predicted molar refractivity (Wildman–Crippen MR) is 76.6 cm³/mol. The standard InChI is InChI=1S/C16H20N2O2/c1-12-9-18(11-16(2,3)20-12)10-15(19)14-6-4-13(8-17)5-7-14/h4-7,12H,9-11H2,1-3H3. The minimum Gasteiger partial charge on any atom is -0.370 e. The second-order valence-electron chi connectivity index (χ2n) is 5.97. The molecule has 0 spiro atoms. The Morgan fingerprint density at radius 3 is 2.65 bits per heavy atom. The Hall–Kier alpha value is -1.70. The number of carbonyl (C=O) groups is 1. The molecule has 0 amide bonds. The predicted octanol–water partition coefficient (Wildman–Crippen LogP) is 2.24. The fourth-order valence-electron chi connectivity index (χ4n) is 2.73. The SMILES string of the molecule is CC1CN(CC(=O)c2ccc(C#N)cc2)CC(C)(C)O1. The minimum atomic E-state index is -0.220. The van der Waals surface area contributed by atoms with Crippen molar-refractivity contribution in [3.63, 3.8) is 0 Å². The Morgan fingerprint density at radius 2 is 2.10 bits per heavy atom. The van der Waals surface area contributed by atoms with Crippen LogP contribution in [0.5, 0.6) is 0 Å². The fraction of sp³-hybridized carbons (Fsp3) is 0.500. The molecule has 0 aliphatic carbocycles. The summed E-state index contributed by atoms with van der Waals surface area (Å²) in [5, 5.41) is 8.76. The van der Waals surface area contributed by atoms with Crippen LogP contribution in [0.2, 0.25) is 0 Å². The number of ketones is 1. The lowest BCUT2D eigenvalue weighted by molar-refractivity contribution is -0.126. The van der Waals surface area contributed by atoms with Crippen molar-refractivity contribution in [3.05, 3.63) is 35.4 Å². The maximum atomic E-state index is 12.3. The maximum Gasteiger partial charge on any atom is 0.176 e. The number of morpholine rings is 1. The highest BCUT2D eigenvalue weighted by molar-refractivity contribution is 5.97. The van der Waals surface area contributed by atoms with Gasteiger partial charge < -0.3 is 4.74 Å². The molecule has 1 saturated heterocycles. The smallest absolute Gasteiger partial charge is 0.176 e. The molecule has 2 rings (SSSR count). The lowest BCUT2D eigenvalue weighted by Crippen LogP contribution is -2.53. The van der Waals surface area contributed by atoms with E-state index in [0.717, 1.165) is 13.1 Å². The van der Waals surface area contributed by atoms with Crippen molar-refractivity contribution in [2.75, 3.05) is 19.6 Å². The zero-order valence-corrected chi connectivity index (χ0v) is 12.2. The lowest BCUT2D eigenvalue weighted by atomic mass is 10.0. The summed E-state index contributed by atoms with van der Waals surface area (Å²) in [6, 6.07) is 8.85. The van der Waals surface area contributed by atoms with E-state index < -0.39 is 0 Å². The number of ether oxygens (including phenoxy) is 1. The van der Waals surface area contributed by atoms with Gasteiger partial charge in [0.1, 0.15) is 0 Å². The molecule has 0 N–H and O–H groups in total. The van der Waals surface area contributed by atoms with Gasteiger partial charge in [-0.2, -0.15) is 5.26 Å². The molecule has 1 aliphatic heterocycles. The molecule has 0 bridgehead atoms. The molecule has 20 heavy (non-hydrogen) atoms. The van der Waals surface area contributed by atoms with Crippen molar-refractivity contribution < 1.29 is 9.53 Å². The second-order valence-corrected chi connectivity index (χ2v) is 5.97. The topological polar surface area (TPSA) is 53.3 Å². The van der Waals surface area contributed by atoms with E-state index in [-0.39, 0.29) is 17.5 Å². The third kappa shape index (κ3) is 3.66. The molecule has 1 aromatic carbocycles. The van der Waals surface area contributed by atoms with Gasteiger partial charge in [-0.05, 0) is 32.9 Å². The number of carbonyl (C=O) groups excluding carboxylic acids is 1. The molecule has 1 aliphatic rings. The number of hydrogen-bond acceptors (Lipinski definition) is 4. The Morgan fingerprint density at radius 1 is 1.45 bits per heavy atom. The zero-order chi connectivity index (χ0) is 14.8. The molecule has 0 aromatic heterocycles. The normalized spacial score (nSPS) is 22.2. The van der Waals surface area contributed by atoms with Crippen LogP contribution < -0.4 is 0 Å². The highest BCUT2D eigenvalue weighted by atomic mass is 16.5. The van der Waals surface area contributed by atoms with Crippen LogP contribution in [0, 0.1) is 11.3 Å². The van der Waals surface area contributed by atoms with Gasteiger partial charge in [0.05, 0.1) is 29.9 Å². The van der Waals surface area contributed by atoms with Gasteiger partial charge in [-0.3, -0.25) is 9.69 Å². The number of rotatable bonds is 3. The molecule has 1 aromatic rings. The van der Waals surface area contributed by atoms with E-state index in [4.69, 9.17) is 10.00 Å². The third-order valence-corrected chi connectivity index (χ3v) is 3.34. The van der Waals surface area contributed by atoms with Gasteiger partial charge in [-0.15, -0.1) is 0 Å². The van der Waals surface area contributed by atoms with Crippen LogP contribution >= 0.6 is 0 Å². The van der Waals surface area contributed by atoms with Crippen LogP contribution in [0.4, 0.5) is 0 Å². The summed E-state index contributed by atoms with van der Waals surface area (Å²) in [4.78, 5) is 14.4. The molecule has 1 heterocycles. The van der Waals surface area contributed by atoms with Crippen LogP contribution in [0.15, 0.2) is 24.3 Å². The van der Waals surface area contributed by atoms with E-state index >= 15 is 0 Å². The average molecular weight is 272 g/mol. The monoisotopic (exact) mass is 272 g/mol. The summed E-state index contributed by atoms with van der Waals surface area (Å²) in [5.74, 6) is 0.0828. The van der Waals surface area contributed by atoms with Gasteiger partial charge in [-0.1, -0.05) is 12.1 Å². The molecule has 4 heteroatoms. The first-order valence-electron chi connectivity index (χ1n) is 6.83. The van der Waals surface area contributed by atoms with Crippen LogP contribution in [-0.2, 0) is 4.74 Å². The lowest BCUT2D eigenvalue weighted by Gasteiger charge is -2.41. The van der Waals surface area contributed by atoms with E-state index in [0.29, 0.717) is 17.7 Å². The molecule has 0 radical (unpaired) electrons. The van der Waals surface area contributed by atoms with Gasteiger partial charge in [0.2, 0.25) is 0 Å². The van der Waals surface area contributed by atoms with Crippen molar-refractivity contribution in [2.24, 2.45) is 0 Å². The first-order valence-corrected chi connectivity index (χ1v) is 6.83. The molecular weight excluding hydrogens is 252 g/mol. The summed E-state index contributed by atoms with van der Waals surface area (Å²) in [7, 11) is 0. The Bertz CT molecular complexity index is 528. The van der Waals surface area contributed by atoms with Crippen molar-refractivity contribution >= 4 is 5.78 Å². The minimum absolute atomic E-state index is 0.0828. The summed E-state index contributed by atoms with van der Waals surface area (Å²) in [6.45, 7) is 8.03. The number of nitriles is 1. The van der Waals surface area contributed by atoms with E-state index in [1.807, 2.05) is 20.8 Å². The maximum absolute atomic E-state index is 12.3. The number of benzene rings is 1. The summed E-state index contributed by atoms with van der Waals surface area (Å²) >= 11 is 0. The number of Topliss-reactive ketones (excluding diaryl/α,β-unsaturated/α-hetero) is 1. The average Bonchev–Trinajstić information content (AvgIpc) is 2.36. The number of nitrogens with zero attached hydrogens (tertiary/aromatic N) is 2. The second kappa shape index (κ2) is 5.74. The van der Waals surface area contributed by atoms with E-state index in [2.05, 4.69) is 11.0 Å². The van der Waals surface area contributed by atoms with Gasteiger partial charge >= 0.3 is 0 Å². The van der Waals surface area contributed by atoms with Crippen LogP contribution in [0.1, 0.15) is 36.7 Å². The first-order chi connectivity index (χ1) is 9.39. The van der Waals surface area contributed by atoms with Gasteiger partial charge in [0, 0.05) is 18.7 Å². The molecule has 4 nitrogen and oxygen atoms in total. The van der Waals surface area contributed by atoms with Crippen LogP contribution in [0.3, 0.4) is 0 Å². The van der Waals surface area contributed by atoms with Crippen LogP contribution in [0.25, 0.3) is 0 Å². The fourth-order valence-corrected chi connectivity index (χ4v) is 2.73. The van der Waals surface area contributed by atoms with Gasteiger partial charge in [0.15, 0.2) is 5.78 Å². The molecular formula is C16H20N2O2. The van der Waals surface area contributed by atoms with Gasteiger partial charge in [-0.25, -0.2) is 0 Å². The van der Waals surface area contributed by atoms with Crippen molar-refractivity contribution in [1.29, 1.82) is 5.26 Å². The van der Waals surface area contributed by atoms with Crippen molar-refractivity contribution in [2.45, 2.75) is 32.5 Å². The van der Waals surface area contributed by atoms with E-state index in [1.54, 1.807) is 24.3 Å². The summed E-state index contributed by atoms with van der Waals surface area (Å²) in [6.07, 6.45) is 0.132. The number of hydrogen-bond donors (Lipinski definition) is 0. The Labute approximate surface area is 120 Å². The molecule has 1 fully saturated rings. The first kappa shape index (κ1) is 14.7. The molecule has 106 valence electrons. The highest BCUT2D eigenvalue weighted by Crippen LogP contribution is 2.21. The zero-order valence-electron chi connectivity index (χ0n) is 12.2. The molecule has 1 unspecified atom stereocenters. The largest absolute Gasteiger partial charge is 0.370 e. The van der Waals surface area contributed by atoms with Crippen LogP contribution in [-0.4, -0.2) is 42.0 Å². The summed E-state index contributed by atoms with van der Waals surface area (Å²) in [5.41, 5.74) is 1.01. The summed E-state index contributed by atoms with van der Waals surface area (Å²) < 4.78 is 5.83. The highest BCUT2D eigenvalue weighted by Gasteiger charge is 2.32. The van der Waals surface area contributed by atoms with E-state index in [9.17, 15) is 4.79 Å². The van der Waals surface area contributed by atoms with Gasteiger partial charge in [0.25, 0.3) is 0 Å². The quantitative estimate of drug-likeness (QED) is 0.792. The van der Waals surface area contributed by atoms with E-state index in [1.165, 1.54) is 0 Å². The Balaban J connectivity index is 2.02. The third-order valence-electron chi connectivity index (χ3n) is 3.34. The van der Waals surface area contributed by atoms with Crippen molar-refractivity contribution in [1.82, 2.24) is 4.90 Å². The molecule has 1 atom stereocenters. The Kier molecular flexibility index (Phi) is 4.22. The van der Waals surface area contributed by atoms with Crippen molar-refractivity contribution in [3.8, 4) is 6.07 Å².